The average molecular weight is 295 g/mol. The number of halogens is 1. The molecule has 0 spiro atoms. The number of nitrogens with zero attached hydrogens (tertiary/aromatic N) is 2. The number of hydrogen-bond donors (Lipinski definition) is 2. The lowest BCUT2D eigenvalue weighted by atomic mass is 10.3. The van der Waals surface area contributed by atoms with Gasteiger partial charge in [0.2, 0.25) is 5.91 Å². The van der Waals surface area contributed by atoms with Crippen LogP contribution in [0.4, 0.5) is 0 Å². The summed E-state index contributed by atoms with van der Waals surface area (Å²) in [5.74, 6) is 1.15. The number of rotatable bonds is 6. The molecule has 0 radical (unpaired) electrons. The fraction of sp³-hybridized carbons (Fsp3) is 0.308. The van der Waals surface area contributed by atoms with Crippen LogP contribution in [0.2, 0.25) is 5.02 Å². The van der Waals surface area contributed by atoms with Crippen molar-refractivity contribution in [3.05, 3.63) is 41.4 Å². The number of hydrogen-bond acceptors (Lipinski definition) is 4. The number of H-pyrrole nitrogens is 1. The third-order valence-corrected chi connectivity index (χ3v) is 2.85. The van der Waals surface area contributed by atoms with Gasteiger partial charge >= 0.3 is 0 Å². The van der Waals surface area contributed by atoms with E-state index in [0.717, 1.165) is 0 Å². The van der Waals surface area contributed by atoms with E-state index in [0.29, 0.717) is 16.6 Å². The van der Waals surface area contributed by atoms with Crippen LogP contribution in [0, 0.1) is 0 Å². The van der Waals surface area contributed by atoms with Crippen LogP contribution in [-0.2, 0) is 4.79 Å². The van der Waals surface area contributed by atoms with E-state index < -0.39 is 0 Å². The van der Waals surface area contributed by atoms with Crippen molar-refractivity contribution in [2.45, 2.75) is 19.4 Å². The monoisotopic (exact) mass is 294 g/mol. The smallest absolute Gasteiger partial charge is 0.224 e. The Bertz CT molecular complexity index is 559. The molecule has 0 fully saturated rings. The predicted molar refractivity (Wildman–Crippen MR) is 74.5 cm³/mol. The molecule has 1 amide bonds. The summed E-state index contributed by atoms with van der Waals surface area (Å²) in [7, 11) is 0. The lowest BCUT2D eigenvalue weighted by Crippen LogP contribution is -2.28. The van der Waals surface area contributed by atoms with Crippen molar-refractivity contribution in [3.8, 4) is 5.75 Å². The molecule has 20 heavy (non-hydrogen) atoms. The van der Waals surface area contributed by atoms with Crippen molar-refractivity contribution in [1.29, 1.82) is 0 Å². The Balaban J connectivity index is 1.73. The van der Waals surface area contributed by atoms with Crippen LogP contribution in [0.25, 0.3) is 0 Å². The van der Waals surface area contributed by atoms with Crippen molar-refractivity contribution in [1.82, 2.24) is 20.5 Å². The van der Waals surface area contributed by atoms with Gasteiger partial charge < -0.3 is 10.1 Å². The maximum atomic E-state index is 11.7. The summed E-state index contributed by atoms with van der Waals surface area (Å²) in [4.78, 5) is 15.7. The zero-order chi connectivity index (χ0) is 14.4. The Morgan fingerprint density at radius 3 is 3.10 bits per heavy atom. The van der Waals surface area contributed by atoms with Crippen LogP contribution in [0.15, 0.2) is 30.6 Å². The van der Waals surface area contributed by atoms with E-state index in [4.69, 9.17) is 16.3 Å². The molecule has 0 saturated carbocycles. The number of amides is 1. The topological polar surface area (TPSA) is 79.9 Å². The average Bonchev–Trinajstić information content (AvgIpc) is 2.92. The van der Waals surface area contributed by atoms with E-state index >= 15 is 0 Å². The van der Waals surface area contributed by atoms with Gasteiger partial charge in [-0.1, -0.05) is 17.7 Å². The first-order chi connectivity index (χ1) is 9.65. The molecule has 2 aromatic rings. The van der Waals surface area contributed by atoms with Crippen LogP contribution in [0.1, 0.15) is 25.2 Å². The number of aromatic amines is 1. The molecule has 0 aliphatic carbocycles. The Morgan fingerprint density at radius 1 is 1.55 bits per heavy atom. The molecule has 1 heterocycles. The number of carbonyl (C=O) groups is 1. The second-order valence-corrected chi connectivity index (χ2v) is 4.65. The fourth-order valence-electron chi connectivity index (χ4n) is 1.62. The van der Waals surface area contributed by atoms with Gasteiger partial charge in [0.05, 0.1) is 19.1 Å². The van der Waals surface area contributed by atoms with E-state index in [2.05, 4.69) is 20.5 Å². The van der Waals surface area contributed by atoms with Gasteiger partial charge in [-0.3, -0.25) is 9.89 Å². The molecule has 1 atom stereocenters. The molecule has 0 saturated heterocycles. The lowest BCUT2D eigenvalue weighted by Gasteiger charge is -2.11. The van der Waals surface area contributed by atoms with Gasteiger partial charge in [0.25, 0.3) is 0 Å². The SMILES string of the molecule is CC(NC(=O)CCOc1cccc(Cl)c1)c1ncn[nH]1. The van der Waals surface area contributed by atoms with Crippen LogP contribution in [0.5, 0.6) is 5.75 Å². The molecule has 2 rings (SSSR count). The predicted octanol–water partition coefficient (Wildman–Crippen LogP) is 2.10. The molecule has 0 aliphatic rings. The van der Waals surface area contributed by atoms with Gasteiger partial charge in [-0.2, -0.15) is 5.10 Å². The van der Waals surface area contributed by atoms with E-state index in [1.54, 1.807) is 24.3 Å². The molecule has 1 unspecified atom stereocenters. The maximum absolute atomic E-state index is 11.7. The number of aromatic nitrogens is 3. The van der Waals surface area contributed by atoms with Crippen molar-refractivity contribution in [3.63, 3.8) is 0 Å². The normalized spacial score (nSPS) is 11.9. The van der Waals surface area contributed by atoms with Crippen molar-refractivity contribution in [2.24, 2.45) is 0 Å². The van der Waals surface area contributed by atoms with Gasteiger partial charge in [-0.25, -0.2) is 4.98 Å². The molecule has 2 N–H and O–H groups in total. The van der Waals surface area contributed by atoms with Crippen LogP contribution >= 0.6 is 11.6 Å². The molecule has 1 aromatic heterocycles. The zero-order valence-electron chi connectivity index (χ0n) is 11.0. The summed E-state index contributed by atoms with van der Waals surface area (Å²) in [6, 6.07) is 6.85. The quantitative estimate of drug-likeness (QED) is 0.855. The molecule has 1 aromatic carbocycles. The lowest BCUT2D eigenvalue weighted by molar-refractivity contribution is -0.122. The van der Waals surface area contributed by atoms with E-state index in [-0.39, 0.29) is 25.0 Å². The van der Waals surface area contributed by atoms with Crippen molar-refractivity contribution >= 4 is 17.5 Å². The van der Waals surface area contributed by atoms with Crippen molar-refractivity contribution < 1.29 is 9.53 Å². The van der Waals surface area contributed by atoms with Crippen molar-refractivity contribution in [2.75, 3.05) is 6.61 Å². The Labute approximate surface area is 121 Å². The molecule has 6 nitrogen and oxygen atoms in total. The first kappa shape index (κ1) is 14.3. The largest absolute Gasteiger partial charge is 0.493 e. The highest BCUT2D eigenvalue weighted by molar-refractivity contribution is 6.30. The van der Waals surface area contributed by atoms with Crippen LogP contribution < -0.4 is 10.1 Å². The van der Waals surface area contributed by atoms with Crippen LogP contribution in [0.3, 0.4) is 0 Å². The van der Waals surface area contributed by atoms with E-state index in [9.17, 15) is 4.79 Å². The minimum absolute atomic E-state index is 0.115. The fourth-order valence-corrected chi connectivity index (χ4v) is 1.80. The van der Waals surface area contributed by atoms with E-state index in [1.807, 2.05) is 6.92 Å². The third kappa shape index (κ3) is 4.24. The zero-order valence-corrected chi connectivity index (χ0v) is 11.7. The van der Waals surface area contributed by atoms with Gasteiger partial charge in [0.1, 0.15) is 17.9 Å². The highest BCUT2D eigenvalue weighted by Crippen LogP contribution is 2.17. The summed E-state index contributed by atoms with van der Waals surface area (Å²) < 4.78 is 5.45. The summed E-state index contributed by atoms with van der Waals surface area (Å²) in [6.07, 6.45) is 1.66. The Kier molecular flexibility index (Phi) is 4.95. The molecular formula is C13H15ClN4O2. The summed E-state index contributed by atoms with van der Waals surface area (Å²) in [5, 5.41) is 9.85. The van der Waals surface area contributed by atoms with E-state index in [1.165, 1.54) is 6.33 Å². The highest BCUT2D eigenvalue weighted by Gasteiger charge is 2.11. The second kappa shape index (κ2) is 6.91. The third-order valence-electron chi connectivity index (χ3n) is 2.62. The van der Waals surface area contributed by atoms with Gasteiger partial charge in [-0.05, 0) is 25.1 Å². The Morgan fingerprint density at radius 2 is 2.40 bits per heavy atom. The summed E-state index contributed by atoms with van der Waals surface area (Å²) >= 11 is 5.84. The first-order valence-corrected chi connectivity index (χ1v) is 6.56. The molecule has 7 heteroatoms. The second-order valence-electron chi connectivity index (χ2n) is 4.22. The molecule has 0 bridgehead atoms. The summed E-state index contributed by atoms with van der Waals surface area (Å²) in [5.41, 5.74) is 0. The number of nitrogens with one attached hydrogen (secondary N) is 2. The molecular weight excluding hydrogens is 280 g/mol. The minimum Gasteiger partial charge on any atom is -0.493 e. The maximum Gasteiger partial charge on any atom is 0.224 e. The number of carbonyl (C=O) groups excluding carboxylic acids is 1. The minimum atomic E-state index is -0.212. The molecule has 0 aliphatic heterocycles. The first-order valence-electron chi connectivity index (χ1n) is 6.18. The van der Waals surface area contributed by atoms with Crippen LogP contribution in [-0.4, -0.2) is 27.7 Å². The Hall–Kier alpha value is -2.08. The number of benzene rings is 1. The highest BCUT2D eigenvalue weighted by atomic mass is 35.5. The summed E-state index contributed by atoms with van der Waals surface area (Å²) in [6.45, 7) is 2.12. The standard InChI is InChI=1S/C13H15ClN4O2/c1-9(13-15-8-16-18-13)17-12(19)5-6-20-11-4-2-3-10(14)7-11/h2-4,7-9H,5-6H2,1H3,(H,17,19)(H,15,16,18). The molecule has 106 valence electrons. The number of ether oxygens (including phenoxy) is 1. The van der Waals surface area contributed by atoms with Gasteiger partial charge in [-0.15, -0.1) is 0 Å². The van der Waals surface area contributed by atoms with Gasteiger partial charge in [0.15, 0.2) is 0 Å². The van der Waals surface area contributed by atoms with Gasteiger partial charge in [0, 0.05) is 5.02 Å².